The van der Waals surface area contributed by atoms with Gasteiger partial charge in [-0.3, -0.25) is 4.79 Å². The second kappa shape index (κ2) is 7.01. The van der Waals surface area contributed by atoms with Crippen molar-refractivity contribution in [2.75, 3.05) is 0 Å². The summed E-state index contributed by atoms with van der Waals surface area (Å²) in [4.78, 5) is 11.0. The Kier molecular flexibility index (Phi) is 5.63. The van der Waals surface area contributed by atoms with E-state index in [2.05, 4.69) is 5.32 Å². The summed E-state index contributed by atoms with van der Waals surface area (Å²) >= 11 is 0. The number of hydrogen-bond donors (Lipinski definition) is 2. The molecule has 2 N–H and O–H groups in total. The maximum Gasteiger partial charge on any atom is 0.320 e. The van der Waals surface area contributed by atoms with Gasteiger partial charge in [0.15, 0.2) is 0 Å². The summed E-state index contributed by atoms with van der Waals surface area (Å²) in [5, 5.41) is 11.9. The Morgan fingerprint density at radius 3 is 2.88 bits per heavy atom. The van der Waals surface area contributed by atoms with Crippen LogP contribution in [0, 0.1) is 5.82 Å². The number of carboxylic acid groups (broad SMARTS) is 1. The summed E-state index contributed by atoms with van der Waals surface area (Å²) in [7, 11) is 0. The molecule has 0 aliphatic carbocycles. The second-order valence-corrected chi connectivity index (χ2v) is 4.04. The third-order valence-electron chi connectivity index (χ3n) is 2.59. The molecule has 1 rings (SSSR count). The van der Waals surface area contributed by atoms with Crippen molar-refractivity contribution in [3.63, 3.8) is 0 Å². The Morgan fingerprint density at radius 1 is 1.53 bits per heavy atom. The summed E-state index contributed by atoms with van der Waals surface area (Å²) in [6.07, 6.45) is 2.43. The van der Waals surface area contributed by atoms with Crippen LogP contribution in [0.25, 0.3) is 0 Å². The van der Waals surface area contributed by atoms with Crippen molar-refractivity contribution in [2.24, 2.45) is 0 Å². The minimum atomic E-state index is -0.852. The highest BCUT2D eigenvalue weighted by Gasteiger charge is 2.15. The zero-order chi connectivity index (χ0) is 12.7. The number of rotatable bonds is 7. The topological polar surface area (TPSA) is 49.3 Å². The van der Waals surface area contributed by atoms with Crippen molar-refractivity contribution in [3.8, 4) is 0 Å². The lowest BCUT2D eigenvalue weighted by Gasteiger charge is -2.13. The number of aliphatic carboxylic acids is 1. The molecule has 1 aromatic rings. The molecule has 0 aliphatic rings. The van der Waals surface area contributed by atoms with Crippen LogP contribution >= 0.6 is 0 Å². The molecule has 0 saturated heterocycles. The first-order valence-corrected chi connectivity index (χ1v) is 5.84. The highest BCUT2D eigenvalue weighted by Crippen LogP contribution is 2.06. The van der Waals surface area contributed by atoms with Gasteiger partial charge in [-0.25, -0.2) is 4.39 Å². The SMILES string of the molecule is CCCCC(NCc1cccc(F)c1)C(=O)O. The molecule has 0 spiro atoms. The Hall–Kier alpha value is -1.42. The molecule has 1 aromatic carbocycles. The summed E-state index contributed by atoms with van der Waals surface area (Å²) in [5.41, 5.74) is 0.757. The van der Waals surface area contributed by atoms with Gasteiger partial charge in [-0.1, -0.05) is 31.9 Å². The Bertz CT molecular complexity index is 368. The number of hydrogen-bond acceptors (Lipinski definition) is 2. The summed E-state index contributed by atoms with van der Waals surface area (Å²) in [6, 6.07) is 5.61. The van der Waals surface area contributed by atoms with Gasteiger partial charge >= 0.3 is 5.97 Å². The lowest BCUT2D eigenvalue weighted by molar-refractivity contribution is -0.139. The zero-order valence-corrected chi connectivity index (χ0v) is 9.95. The first-order valence-electron chi connectivity index (χ1n) is 5.84. The van der Waals surface area contributed by atoms with Gasteiger partial charge in [-0.2, -0.15) is 0 Å². The van der Waals surface area contributed by atoms with Gasteiger partial charge in [0.1, 0.15) is 11.9 Å². The van der Waals surface area contributed by atoms with Crippen LogP contribution in [0.3, 0.4) is 0 Å². The fourth-order valence-electron chi connectivity index (χ4n) is 1.61. The number of unbranched alkanes of at least 4 members (excludes halogenated alkanes) is 1. The molecule has 94 valence electrons. The Labute approximate surface area is 101 Å². The lowest BCUT2D eigenvalue weighted by atomic mass is 10.1. The maximum atomic E-state index is 12.9. The standard InChI is InChI=1S/C13H18FNO2/c1-2-3-7-12(13(16)17)15-9-10-5-4-6-11(14)8-10/h4-6,8,12,15H,2-3,7,9H2,1H3,(H,16,17). The van der Waals surface area contributed by atoms with Gasteiger partial charge in [0.05, 0.1) is 0 Å². The average Bonchev–Trinajstić information content (AvgIpc) is 2.28. The van der Waals surface area contributed by atoms with Crippen molar-refractivity contribution < 1.29 is 14.3 Å². The zero-order valence-electron chi connectivity index (χ0n) is 9.95. The van der Waals surface area contributed by atoms with Crippen molar-refractivity contribution >= 4 is 5.97 Å². The third-order valence-corrected chi connectivity index (χ3v) is 2.59. The van der Waals surface area contributed by atoms with Gasteiger partial charge in [0.25, 0.3) is 0 Å². The van der Waals surface area contributed by atoms with E-state index in [4.69, 9.17) is 5.11 Å². The van der Waals surface area contributed by atoms with Gasteiger partial charge in [0, 0.05) is 6.54 Å². The molecule has 0 heterocycles. The molecule has 3 nitrogen and oxygen atoms in total. The first kappa shape index (κ1) is 13.6. The lowest BCUT2D eigenvalue weighted by Crippen LogP contribution is -2.36. The number of nitrogens with one attached hydrogen (secondary N) is 1. The molecule has 1 unspecified atom stereocenters. The molecule has 17 heavy (non-hydrogen) atoms. The van der Waals surface area contributed by atoms with Crippen LogP contribution in [0.1, 0.15) is 31.7 Å². The van der Waals surface area contributed by atoms with Crippen LogP contribution in [0.2, 0.25) is 0 Å². The smallest absolute Gasteiger partial charge is 0.320 e. The molecule has 0 fully saturated rings. The predicted molar refractivity (Wildman–Crippen MR) is 64.2 cm³/mol. The van der Waals surface area contributed by atoms with E-state index in [1.54, 1.807) is 12.1 Å². The molecule has 0 aliphatic heterocycles. The highest BCUT2D eigenvalue weighted by atomic mass is 19.1. The highest BCUT2D eigenvalue weighted by molar-refractivity contribution is 5.73. The summed E-state index contributed by atoms with van der Waals surface area (Å²) in [5.74, 6) is -1.15. The molecular weight excluding hydrogens is 221 g/mol. The fraction of sp³-hybridized carbons (Fsp3) is 0.462. The largest absolute Gasteiger partial charge is 0.480 e. The minimum absolute atomic E-state index is 0.301. The summed E-state index contributed by atoms with van der Waals surface area (Å²) < 4.78 is 12.9. The van der Waals surface area contributed by atoms with E-state index in [1.165, 1.54) is 12.1 Å². The molecule has 4 heteroatoms. The van der Waals surface area contributed by atoms with Gasteiger partial charge in [-0.05, 0) is 24.1 Å². The van der Waals surface area contributed by atoms with Gasteiger partial charge < -0.3 is 10.4 Å². The third kappa shape index (κ3) is 4.95. The fourth-order valence-corrected chi connectivity index (χ4v) is 1.61. The van der Waals surface area contributed by atoms with Crippen molar-refractivity contribution in [1.29, 1.82) is 0 Å². The second-order valence-electron chi connectivity index (χ2n) is 4.04. The Balaban J connectivity index is 2.48. The number of halogens is 1. The molecule has 1 atom stereocenters. The van der Waals surface area contributed by atoms with Crippen LogP contribution in [-0.4, -0.2) is 17.1 Å². The van der Waals surface area contributed by atoms with Crippen molar-refractivity contribution in [3.05, 3.63) is 35.6 Å². The Morgan fingerprint density at radius 2 is 2.29 bits per heavy atom. The van der Waals surface area contributed by atoms with Gasteiger partial charge in [0.2, 0.25) is 0 Å². The van der Waals surface area contributed by atoms with E-state index in [9.17, 15) is 9.18 Å². The normalized spacial score (nSPS) is 12.4. The van der Waals surface area contributed by atoms with E-state index in [0.717, 1.165) is 18.4 Å². The monoisotopic (exact) mass is 239 g/mol. The van der Waals surface area contributed by atoms with Crippen LogP contribution < -0.4 is 5.32 Å². The molecule has 0 radical (unpaired) electrons. The van der Waals surface area contributed by atoms with Crippen LogP contribution in [0.5, 0.6) is 0 Å². The minimum Gasteiger partial charge on any atom is -0.480 e. The number of benzene rings is 1. The first-order chi connectivity index (χ1) is 8.13. The molecule has 0 amide bonds. The maximum absolute atomic E-state index is 12.9. The van der Waals surface area contributed by atoms with Crippen molar-refractivity contribution in [2.45, 2.75) is 38.8 Å². The molecule has 0 saturated carbocycles. The average molecular weight is 239 g/mol. The van der Waals surface area contributed by atoms with Crippen LogP contribution in [0.4, 0.5) is 4.39 Å². The van der Waals surface area contributed by atoms with Gasteiger partial charge in [-0.15, -0.1) is 0 Å². The molecule has 0 bridgehead atoms. The van der Waals surface area contributed by atoms with Crippen LogP contribution in [-0.2, 0) is 11.3 Å². The molecule has 0 aromatic heterocycles. The number of carboxylic acids is 1. The van der Waals surface area contributed by atoms with Crippen molar-refractivity contribution in [1.82, 2.24) is 5.32 Å². The van der Waals surface area contributed by atoms with E-state index < -0.39 is 12.0 Å². The van der Waals surface area contributed by atoms with E-state index in [1.807, 2.05) is 6.92 Å². The summed E-state index contributed by atoms with van der Waals surface area (Å²) in [6.45, 7) is 2.39. The quantitative estimate of drug-likeness (QED) is 0.768. The van der Waals surface area contributed by atoms with E-state index in [-0.39, 0.29) is 5.82 Å². The van der Waals surface area contributed by atoms with Crippen LogP contribution in [0.15, 0.2) is 24.3 Å². The molecular formula is C13H18FNO2. The predicted octanol–water partition coefficient (Wildman–Crippen LogP) is 2.56. The number of carbonyl (C=O) groups is 1. The van der Waals surface area contributed by atoms with E-state index >= 15 is 0 Å². The van der Waals surface area contributed by atoms with E-state index in [0.29, 0.717) is 13.0 Å².